The molecule has 100 valence electrons. The molecule has 2 nitrogen and oxygen atoms in total. The molecule has 1 atom stereocenters. The first-order chi connectivity index (χ1) is 9.10. The van der Waals surface area contributed by atoms with Crippen molar-refractivity contribution in [3.05, 3.63) is 69.2 Å². The summed E-state index contributed by atoms with van der Waals surface area (Å²) in [6, 6.07) is 15.0. The van der Waals surface area contributed by atoms with Crippen LogP contribution in [-0.2, 0) is 6.42 Å². The zero-order chi connectivity index (χ0) is 13.8. The maximum absolute atomic E-state index is 5.74. The Morgan fingerprint density at radius 2 is 1.79 bits per heavy atom. The molecule has 19 heavy (non-hydrogen) atoms. The standard InChI is InChI=1S/C16H19BrN2/c1-11-3-6-13(7-4-11)9-16(19-18)15-10-14(17)8-5-12(15)2/h3-8,10,16,19H,9,18H2,1-2H3. The Morgan fingerprint density at radius 3 is 2.42 bits per heavy atom. The van der Waals surface area contributed by atoms with E-state index in [0.717, 1.165) is 10.9 Å². The van der Waals surface area contributed by atoms with E-state index in [1.807, 2.05) is 0 Å². The van der Waals surface area contributed by atoms with Gasteiger partial charge in [0.25, 0.3) is 0 Å². The van der Waals surface area contributed by atoms with Crippen LogP contribution in [0.3, 0.4) is 0 Å². The number of halogens is 1. The van der Waals surface area contributed by atoms with Crippen molar-refractivity contribution in [2.24, 2.45) is 5.84 Å². The monoisotopic (exact) mass is 318 g/mol. The minimum Gasteiger partial charge on any atom is -0.271 e. The van der Waals surface area contributed by atoms with Gasteiger partial charge in [0.2, 0.25) is 0 Å². The van der Waals surface area contributed by atoms with Crippen molar-refractivity contribution >= 4 is 15.9 Å². The number of rotatable bonds is 4. The lowest BCUT2D eigenvalue weighted by atomic mass is 9.95. The maximum Gasteiger partial charge on any atom is 0.0503 e. The van der Waals surface area contributed by atoms with Crippen molar-refractivity contribution < 1.29 is 0 Å². The van der Waals surface area contributed by atoms with Crippen LogP contribution in [0.2, 0.25) is 0 Å². The Balaban J connectivity index is 2.24. The van der Waals surface area contributed by atoms with Crippen molar-refractivity contribution in [2.45, 2.75) is 26.3 Å². The average Bonchev–Trinajstić information content (AvgIpc) is 2.41. The first-order valence-electron chi connectivity index (χ1n) is 6.38. The van der Waals surface area contributed by atoms with E-state index in [-0.39, 0.29) is 6.04 Å². The molecule has 2 rings (SSSR count). The van der Waals surface area contributed by atoms with E-state index in [2.05, 4.69) is 77.7 Å². The summed E-state index contributed by atoms with van der Waals surface area (Å²) in [4.78, 5) is 0. The molecule has 0 saturated heterocycles. The molecular weight excluding hydrogens is 300 g/mol. The van der Waals surface area contributed by atoms with E-state index < -0.39 is 0 Å². The third-order valence-electron chi connectivity index (χ3n) is 3.38. The van der Waals surface area contributed by atoms with Gasteiger partial charge in [-0.3, -0.25) is 11.3 Å². The second-order valence-corrected chi connectivity index (χ2v) is 5.83. The fraction of sp³-hybridized carbons (Fsp3) is 0.250. The molecule has 0 radical (unpaired) electrons. The van der Waals surface area contributed by atoms with Gasteiger partial charge in [-0.25, -0.2) is 0 Å². The molecule has 2 aromatic carbocycles. The van der Waals surface area contributed by atoms with Gasteiger partial charge >= 0.3 is 0 Å². The Hall–Kier alpha value is -1.16. The number of benzene rings is 2. The highest BCUT2D eigenvalue weighted by molar-refractivity contribution is 9.10. The maximum atomic E-state index is 5.74. The van der Waals surface area contributed by atoms with Gasteiger partial charge in [-0.1, -0.05) is 51.8 Å². The lowest BCUT2D eigenvalue weighted by molar-refractivity contribution is 0.549. The smallest absolute Gasteiger partial charge is 0.0503 e. The first-order valence-corrected chi connectivity index (χ1v) is 7.17. The molecule has 0 fully saturated rings. The molecular formula is C16H19BrN2. The number of aryl methyl sites for hydroxylation is 2. The summed E-state index contributed by atoms with van der Waals surface area (Å²) in [7, 11) is 0. The van der Waals surface area contributed by atoms with E-state index >= 15 is 0 Å². The third kappa shape index (κ3) is 3.66. The summed E-state index contributed by atoms with van der Waals surface area (Å²) < 4.78 is 1.08. The van der Waals surface area contributed by atoms with Crippen molar-refractivity contribution in [1.82, 2.24) is 5.43 Å². The van der Waals surface area contributed by atoms with Crippen LogP contribution in [0.25, 0.3) is 0 Å². The highest BCUT2D eigenvalue weighted by Crippen LogP contribution is 2.24. The number of hydrazine groups is 1. The Kier molecular flexibility index (Phi) is 4.75. The SMILES string of the molecule is Cc1ccc(CC(NN)c2cc(Br)ccc2C)cc1. The van der Waals surface area contributed by atoms with Gasteiger partial charge < -0.3 is 0 Å². The molecule has 1 unspecified atom stereocenters. The van der Waals surface area contributed by atoms with Crippen LogP contribution < -0.4 is 11.3 Å². The number of hydrogen-bond acceptors (Lipinski definition) is 2. The molecule has 0 aliphatic carbocycles. The van der Waals surface area contributed by atoms with Gasteiger partial charge in [-0.2, -0.15) is 0 Å². The van der Waals surface area contributed by atoms with Crippen molar-refractivity contribution in [3.63, 3.8) is 0 Å². The van der Waals surface area contributed by atoms with Crippen LogP contribution >= 0.6 is 15.9 Å². The summed E-state index contributed by atoms with van der Waals surface area (Å²) in [6.45, 7) is 4.21. The van der Waals surface area contributed by atoms with Gasteiger partial charge in [0, 0.05) is 4.47 Å². The predicted molar refractivity (Wildman–Crippen MR) is 83.8 cm³/mol. The van der Waals surface area contributed by atoms with Gasteiger partial charge in [-0.15, -0.1) is 0 Å². The van der Waals surface area contributed by atoms with E-state index in [1.54, 1.807) is 0 Å². The quantitative estimate of drug-likeness (QED) is 0.664. The van der Waals surface area contributed by atoms with Crippen molar-refractivity contribution in [3.8, 4) is 0 Å². The zero-order valence-corrected chi connectivity index (χ0v) is 12.9. The molecule has 0 bridgehead atoms. The van der Waals surface area contributed by atoms with E-state index in [9.17, 15) is 0 Å². The molecule has 0 aliphatic rings. The Labute approximate surface area is 123 Å². The van der Waals surface area contributed by atoms with Gasteiger partial charge in [0.1, 0.15) is 0 Å². The molecule has 0 spiro atoms. The lowest BCUT2D eigenvalue weighted by Crippen LogP contribution is -2.30. The van der Waals surface area contributed by atoms with Crippen molar-refractivity contribution in [2.75, 3.05) is 0 Å². The summed E-state index contributed by atoms with van der Waals surface area (Å²) >= 11 is 3.52. The second kappa shape index (κ2) is 6.33. The van der Waals surface area contributed by atoms with Crippen LogP contribution in [0.5, 0.6) is 0 Å². The highest BCUT2D eigenvalue weighted by Gasteiger charge is 2.13. The second-order valence-electron chi connectivity index (χ2n) is 4.91. The topological polar surface area (TPSA) is 38.0 Å². The molecule has 2 aromatic rings. The fourth-order valence-corrected chi connectivity index (χ4v) is 2.58. The highest BCUT2D eigenvalue weighted by atomic mass is 79.9. The predicted octanol–water partition coefficient (Wildman–Crippen LogP) is 3.81. The molecule has 3 N–H and O–H groups in total. The molecule has 0 amide bonds. The molecule has 0 saturated carbocycles. The molecule has 0 heterocycles. The summed E-state index contributed by atoms with van der Waals surface area (Å²) in [5.74, 6) is 5.74. The van der Waals surface area contributed by atoms with E-state index in [1.165, 1.54) is 22.3 Å². The summed E-state index contributed by atoms with van der Waals surface area (Å²) in [5, 5.41) is 0. The fourth-order valence-electron chi connectivity index (χ4n) is 2.21. The van der Waals surface area contributed by atoms with Crippen molar-refractivity contribution in [1.29, 1.82) is 0 Å². The number of nitrogens with two attached hydrogens (primary N) is 1. The van der Waals surface area contributed by atoms with Crippen LogP contribution in [0.1, 0.15) is 28.3 Å². The Bertz CT molecular complexity index is 549. The molecule has 3 heteroatoms. The van der Waals surface area contributed by atoms with Gasteiger partial charge in [0.15, 0.2) is 0 Å². The summed E-state index contributed by atoms with van der Waals surface area (Å²) in [6.07, 6.45) is 0.883. The van der Waals surface area contributed by atoms with Crippen LogP contribution in [-0.4, -0.2) is 0 Å². The Morgan fingerprint density at radius 1 is 1.11 bits per heavy atom. The third-order valence-corrected chi connectivity index (χ3v) is 3.87. The zero-order valence-electron chi connectivity index (χ0n) is 11.3. The van der Waals surface area contributed by atoms with Crippen LogP contribution in [0.15, 0.2) is 46.9 Å². The average molecular weight is 319 g/mol. The van der Waals surface area contributed by atoms with Gasteiger partial charge in [0.05, 0.1) is 6.04 Å². The van der Waals surface area contributed by atoms with Gasteiger partial charge in [-0.05, 0) is 49.1 Å². The normalized spacial score (nSPS) is 12.4. The summed E-state index contributed by atoms with van der Waals surface area (Å²) in [5.41, 5.74) is 7.97. The van der Waals surface area contributed by atoms with E-state index in [4.69, 9.17) is 5.84 Å². The minimum absolute atomic E-state index is 0.125. The first kappa shape index (κ1) is 14.3. The molecule has 0 aromatic heterocycles. The van der Waals surface area contributed by atoms with Crippen LogP contribution in [0.4, 0.5) is 0 Å². The minimum atomic E-state index is 0.125. The molecule has 0 aliphatic heterocycles. The largest absolute Gasteiger partial charge is 0.271 e. The number of nitrogens with one attached hydrogen (secondary N) is 1. The van der Waals surface area contributed by atoms with Crippen LogP contribution in [0, 0.1) is 13.8 Å². The van der Waals surface area contributed by atoms with E-state index in [0.29, 0.717) is 0 Å². The lowest BCUT2D eigenvalue weighted by Gasteiger charge is -2.19. The number of hydrogen-bond donors (Lipinski definition) is 2.